The molecule has 0 N–H and O–H groups in total. The summed E-state index contributed by atoms with van der Waals surface area (Å²) >= 11 is 2.88. The molecule has 0 atom stereocenters. The van der Waals surface area contributed by atoms with Gasteiger partial charge in [0.05, 0.1) is 18.6 Å². The Bertz CT molecular complexity index is 829. The summed E-state index contributed by atoms with van der Waals surface area (Å²) < 4.78 is 18.9. The summed E-state index contributed by atoms with van der Waals surface area (Å²) in [6.45, 7) is 0. The molecule has 3 nitrogen and oxygen atoms in total. The Labute approximate surface area is 147 Å². The maximum atomic E-state index is 13.0. The van der Waals surface area contributed by atoms with Crippen LogP contribution in [0.15, 0.2) is 58.3 Å². The van der Waals surface area contributed by atoms with Gasteiger partial charge in [-0.3, -0.25) is 4.79 Å². The molecule has 122 valence electrons. The molecule has 3 rings (SSSR count). The highest BCUT2D eigenvalue weighted by atomic mass is 32.2. The number of thioether (sulfide) groups is 1. The number of methoxy groups -OCH3 is 1. The summed E-state index contributed by atoms with van der Waals surface area (Å²) in [6, 6.07) is 13.3. The highest BCUT2D eigenvalue weighted by Crippen LogP contribution is 2.29. The third-order valence-corrected chi connectivity index (χ3v) is 5.38. The van der Waals surface area contributed by atoms with Crippen molar-refractivity contribution < 1.29 is 13.9 Å². The number of hydrogen-bond donors (Lipinski definition) is 0. The molecular weight excluding hydrogens is 345 g/mol. The third kappa shape index (κ3) is 4.01. The highest BCUT2D eigenvalue weighted by Gasteiger charge is 2.10. The Balaban J connectivity index is 1.62. The first-order chi connectivity index (χ1) is 11.7. The van der Waals surface area contributed by atoms with Crippen LogP contribution >= 0.6 is 23.1 Å². The average molecular weight is 359 g/mol. The molecule has 0 spiro atoms. The summed E-state index contributed by atoms with van der Waals surface area (Å²) in [7, 11) is 1.59. The maximum absolute atomic E-state index is 13.0. The topological polar surface area (TPSA) is 39.2 Å². The van der Waals surface area contributed by atoms with Gasteiger partial charge in [-0.1, -0.05) is 11.8 Å². The first kappa shape index (κ1) is 16.7. The number of ether oxygens (including phenoxy) is 1. The molecule has 1 heterocycles. The lowest BCUT2D eigenvalue weighted by molar-refractivity contribution is 0.102. The molecule has 0 saturated carbocycles. The number of carbonyl (C=O) groups is 1. The van der Waals surface area contributed by atoms with E-state index in [0.29, 0.717) is 11.3 Å². The first-order valence-corrected chi connectivity index (χ1v) is 9.04. The molecular formula is C18H14FNO2S2. The molecule has 2 aromatic carbocycles. The standard InChI is InChI=1S/C18H14FNO2S2/c1-22-15-8-4-13(5-9-15)17(21)11-24-18-20-16(10-23-18)12-2-6-14(19)7-3-12/h2-10H,11H2,1H3. The number of carbonyl (C=O) groups excluding carboxylic acids is 1. The predicted molar refractivity (Wildman–Crippen MR) is 95.6 cm³/mol. The number of ketones is 1. The molecule has 0 aliphatic heterocycles. The summed E-state index contributed by atoms with van der Waals surface area (Å²) in [6.07, 6.45) is 0. The quantitative estimate of drug-likeness (QED) is 0.462. The van der Waals surface area contributed by atoms with Crippen molar-refractivity contribution in [3.8, 4) is 17.0 Å². The molecule has 0 aliphatic carbocycles. The van der Waals surface area contributed by atoms with Crippen LogP contribution in [0.5, 0.6) is 5.75 Å². The lowest BCUT2D eigenvalue weighted by Gasteiger charge is -2.02. The van der Waals surface area contributed by atoms with Crippen LogP contribution < -0.4 is 4.74 Å². The zero-order valence-corrected chi connectivity index (χ0v) is 14.5. The van der Waals surface area contributed by atoms with Crippen LogP contribution in [0.1, 0.15) is 10.4 Å². The number of rotatable bonds is 6. The lowest BCUT2D eigenvalue weighted by Crippen LogP contribution is -2.02. The zero-order chi connectivity index (χ0) is 16.9. The van der Waals surface area contributed by atoms with Crippen molar-refractivity contribution in [1.29, 1.82) is 0 Å². The van der Waals surface area contributed by atoms with Crippen LogP contribution in [-0.4, -0.2) is 23.6 Å². The Morgan fingerprint density at radius 3 is 2.54 bits per heavy atom. The van der Waals surface area contributed by atoms with Crippen LogP contribution in [0.25, 0.3) is 11.3 Å². The third-order valence-electron chi connectivity index (χ3n) is 3.36. The predicted octanol–water partition coefficient (Wildman–Crippen LogP) is 4.93. The second kappa shape index (κ2) is 7.59. The molecule has 0 saturated heterocycles. The van der Waals surface area contributed by atoms with E-state index < -0.39 is 0 Å². The minimum atomic E-state index is -0.270. The first-order valence-electron chi connectivity index (χ1n) is 7.17. The Morgan fingerprint density at radius 2 is 1.88 bits per heavy atom. The van der Waals surface area contributed by atoms with Gasteiger partial charge in [-0.15, -0.1) is 11.3 Å². The molecule has 0 aliphatic rings. The van der Waals surface area contributed by atoms with E-state index >= 15 is 0 Å². The second-order valence-electron chi connectivity index (χ2n) is 4.95. The van der Waals surface area contributed by atoms with Crippen molar-refractivity contribution in [2.45, 2.75) is 4.34 Å². The van der Waals surface area contributed by atoms with E-state index in [1.807, 2.05) is 5.38 Å². The Kier molecular flexibility index (Phi) is 5.27. The van der Waals surface area contributed by atoms with Crippen molar-refractivity contribution in [3.05, 3.63) is 65.3 Å². The molecule has 1 aromatic heterocycles. The molecule has 6 heteroatoms. The van der Waals surface area contributed by atoms with Crippen LogP contribution in [0.3, 0.4) is 0 Å². The van der Waals surface area contributed by atoms with Gasteiger partial charge in [0.1, 0.15) is 11.6 Å². The van der Waals surface area contributed by atoms with Gasteiger partial charge in [0, 0.05) is 16.5 Å². The van der Waals surface area contributed by atoms with Crippen LogP contribution in [0.4, 0.5) is 4.39 Å². The van der Waals surface area contributed by atoms with E-state index in [9.17, 15) is 9.18 Å². The summed E-state index contributed by atoms with van der Waals surface area (Å²) in [5, 5.41) is 1.91. The Morgan fingerprint density at radius 1 is 1.17 bits per heavy atom. The minimum absolute atomic E-state index is 0.0428. The number of hydrogen-bond acceptors (Lipinski definition) is 5. The van der Waals surface area contributed by atoms with Gasteiger partial charge in [-0.05, 0) is 48.5 Å². The molecule has 3 aromatic rings. The minimum Gasteiger partial charge on any atom is -0.497 e. The van der Waals surface area contributed by atoms with E-state index in [2.05, 4.69) is 4.98 Å². The van der Waals surface area contributed by atoms with Crippen LogP contribution in [-0.2, 0) is 0 Å². The number of thiazole rings is 1. The Hall–Kier alpha value is -2.18. The van der Waals surface area contributed by atoms with Crippen molar-refractivity contribution >= 4 is 28.9 Å². The van der Waals surface area contributed by atoms with E-state index in [0.717, 1.165) is 21.3 Å². The van der Waals surface area contributed by atoms with Gasteiger partial charge in [0.25, 0.3) is 0 Å². The fourth-order valence-corrected chi connectivity index (χ4v) is 3.79. The van der Waals surface area contributed by atoms with Crippen molar-refractivity contribution in [2.75, 3.05) is 12.9 Å². The molecule has 0 unspecified atom stereocenters. The van der Waals surface area contributed by atoms with Crippen molar-refractivity contribution in [2.24, 2.45) is 0 Å². The van der Waals surface area contributed by atoms with Gasteiger partial charge >= 0.3 is 0 Å². The fraction of sp³-hybridized carbons (Fsp3) is 0.111. The van der Waals surface area contributed by atoms with Crippen LogP contribution in [0, 0.1) is 5.82 Å². The molecule has 24 heavy (non-hydrogen) atoms. The average Bonchev–Trinajstić information content (AvgIpc) is 3.09. The maximum Gasteiger partial charge on any atom is 0.173 e. The zero-order valence-electron chi connectivity index (χ0n) is 12.9. The van der Waals surface area contributed by atoms with Gasteiger partial charge in [0.2, 0.25) is 0 Å². The van der Waals surface area contributed by atoms with Crippen molar-refractivity contribution in [3.63, 3.8) is 0 Å². The second-order valence-corrected chi connectivity index (χ2v) is 7.03. The van der Waals surface area contributed by atoms with Gasteiger partial charge in [0.15, 0.2) is 10.1 Å². The molecule has 0 bridgehead atoms. The van der Waals surface area contributed by atoms with E-state index in [1.165, 1.54) is 35.2 Å². The van der Waals surface area contributed by atoms with E-state index in [-0.39, 0.29) is 11.6 Å². The van der Waals surface area contributed by atoms with Crippen molar-refractivity contribution in [1.82, 2.24) is 4.98 Å². The summed E-state index contributed by atoms with van der Waals surface area (Å²) in [5.41, 5.74) is 2.30. The number of halogens is 1. The monoisotopic (exact) mass is 359 g/mol. The van der Waals surface area contributed by atoms with Gasteiger partial charge in [-0.25, -0.2) is 9.37 Å². The molecule has 0 fully saturated rings. The largest absolute Gasteiger partial charge is 0.497 e. The SMILES string of the molecule is COc1ccc(C(=O)CSc2nc(-c3ccc(F)cc3)cs2)cc1. The fourth-order valence-electron chi connectivity index (χ4n) is 2.06. The lowest BCUT2D eigenvalue weighted by atomic mass is 10.1. The van der Waals surface area contributed by atoms with E-state index in [4.69, 9.17) is 4.74 Å². The van der Waals surface area contributed by atoms with Gasteiger partial charge < -0.3 is 4.74 Å². The normalized spacial score (nSPS) is 10.6. The van der Waals surface area contributed by atoms with Gasteiger partial charge in [-0.2, -0.15) is 0 Å². The number of Topliss-reactive ketones (excluding diaryl/α,β-unsaturated/α-hetero) is 1. The number of nitrogens with zero attached hydrogens (tertiary/aromatic N) is 1. The summed E-state index contributed by atoms with van der Waals surface area (Å²) in [5.74, 6) is 0.820. The number of benzene rings is 2. The number of aromatic nitrogens is 1. The van der Waals surface area contributed by atoms with Crippen LogP contribution in [0.2, 0.25) is 0 Å². The highest BCUT2D eigenvalue weighted by molar-refractivity contribution is 8.01. The molecule has 0 radical (unpaired) electrons. The summed E-state index contributed by atoms with van der Waals surface area (Å²) in [4.78, 5) is 16.7. The molecule has 0 amide bonds. The smallest absolute Gasteiger partial charge is 0.173 e. The van der Waals surface area contributed by atoms with E-state index in [1.54, 1.807) is 43.5 Å².